The number of hydrogen-bond acceptors (Lipinski definition) is 5. The van der Waals surface area contributed by atoms with E-state index in [1.165, 1.54) is 0 Å². The van der Waals surface area contributed by atoms with Gasteiger partial charge in [-0.25, -0.2) is 0 Å². The van der Waals surface area contributed by atoms with Gasteiger partial charge < -0.3 is 9.63 Å². The van der Waals surface area contributed by atoms with Gasteiger partial charge in [0.25, 0.3) is 5.89 Å². The highest BCUT2D eigenvalue weighted by Gasteiger charge is 2.11. The highest BCUT2D eigenvalue weighted by Crippen LogP contribution is 2.27. The molecule has 0 saturated heterocycles. The molecule has 0 saturated carbocycles. The molecular weight excluding hydrogens is 188 g/mol. The SMILES string of the molecule is Cc1ccsc1-c1nc(CO)no1. The number of rotatable bonds is 2. The number of aromatic nitrogens is 2. The average Bonchev–Trinajstić information content (AvgIpc) is 2.71. The predicted molar refractivity (Wildman–Crippen MR) is 48.3 cm³/mol. The van der Waals surface area contributed by atoms with E-state index in [0.717, 1.165) is 10.4 Å². The van der Waals surface area contributed by atoms with Gasteiger partial charge >= 0.3 is 0 Å². The Hall–Kier alpha value is -1.20. The Balaban J connectivity index is 2.41. The summed E-state index contributed by atoms with van der Waals surface area (Å²) in [6.45, 7) is 1.79. The summed E-state index contributed by atoms with van der Waals surface area (Å²) in [6, 6.07) is 1.99. The van der Waals surface area contributed by atoms with Crippen molar-refractivity contribution in [1.82, 2.24) is 10.1 Å². The third-order valence-electron chi connectivity index (χ3n) is 1.67. The van der Waals surface area contributed by atoms with Crippen molar-refractivity contribution in [2.75, 3.05) is 0 Å². The van der Waals surface area contributed by atoms with E-state index in [-0.39, 0.29) is 6.61 Å². The van der Waals surface area contributed by atoms with Crippen LogP contribution in [0.4, 0.5) is 0 Å². The molecule has 0 aliphatic heterocycles. The lowest BCUT2D eigenvalue weighted by Crippen LogP contribution is -1.84. The smallest absolute Gasteiger partial charge is 0.268 e. The third kappa shape index (κ3) is 1.48. The second-order valence-electron chi connectivity index (χ2n) is 2.61. The fourth-order valence-corrected chi connectivity index (χ4v) is 1.85. The fourth-order valence-electron chi connectivity index (χ4n) is 1.00. The molecule has 0 bridgehead atoms. The van der Waals surface area contributed by atoms with Crippen LogP contribution < -0.4 is 0 Å². The van der Waals surface area contributed by atoms with Gasteiger partial charge in [-0.1, -0.05) is 5.16 Å². The maximum absolute atomic E-state index is 8.74. The molecule has 2 heterocycles. The fraction of sp³-hybridized carbons (Fsp3) is 0.250. The molecule has 0 fully saturated rings. The van der Waals surface area contributed by atoms with Gasteiger partial charge in [0.15, 0.2) is 5.82 Å². The Kier molecular flexibility index (Phi) is 2.12. The molecule has 1 N–H and O–H groups in total. The van der Waals surface area contributed by atoms with Crippen LogP contribution in [-0.4, -0.2) is 15.2 Å². The van der Waals surface area contributed by atoms with Gasteiger partial charge in [-0.05, 0) is 23.9 Å². The van der Waals surface area contributed by atoms with Gasteiger partial charge in [0.05, 0.1) is 4.88 Å². The van der Waals surface area contributed by atoms with E-state index in [1.54, 1.807) is 11.3 Å². The van der Waals surface area contributed by atoms with Gasteiger partial charge in [-0.3, -0.25) is 0 Å². The monoisotopic (exact) mass is 196 g/mol. The molecular formula is C8H8N2O2S. The van der Waals surface area contributed by atoms with Crippen LogP contribution in [0, 0.1) is 6.92 Å². The summed E-state index contributed by atoms with van der Waals surface area (Å²) in [5.74, 6) is 0.805. The molecule has 2 aromatic rings. The van der Waals surface area contributed by atoms with E-state index in [1.807, 2.05) is 18.4 Å². The molecule has 2 aromatic heterocycles. The van der Waals surface area contributed by atoms with Crippen molar-refractivity contribution < 1.29 is 9.63 Å². The van der Waals surface area contributed by atoms with Crippen molar-refractivity contribution in [3.63, 3.8) is 0 Å². The van der Waals surface area contributed by atoms with Gasteiger partial charge in [0.1, 0.15) is 6.61 Å². The van der Waals surface area contributed by atoms with E-state index in [9.17, 15) is 0 Å². The summed E-state index contributed by atoms with van der Waals surface area (Å²) in [6.07, 6.45) is 0. The lowest BCUT2D eigenvalue weighted by Gasteiger charge is -1.88. The lowest BCUT2D eigenvalue weighted by molar-refractivity contribution is 0.264. The molecule has 0 spiro atoms. The predicted octanol–water partition coefficient (Wildman–Crippen LogP) is 1.60. The molecule has 0 amide bonds. The van der Waals surface area contributed by atoms with Crippen LogP contribution in [0.5, 0.6) is 0 Å². The number of aliphatic hydroxyl groups is 1. The van der Waals surface area contributed by atoms with Crippen molar-refractivity contribution >= 4 is 11.3 Å². The largest absolute Gasteiger partial charge is 0.388 e. The summed E-state index contributed by atoms with van der Waals surface area (Å²) in [7, 11) is 0. The van der Waals surface area contributed by atoms with Gasteiger partial charge in [-0.2, -0.15) is 4.98 Å². The molecule has 68 valence electrons. The Morgan fingerprint density at radius 2 is 2.46 bits per heavy atom. The Morgan fingerprint density at radius 1 is 1.62 bits per heavy atom. The number of aliphatic hydroxyl groups excluding tert-OH is 1. The topological polar surface area (TPSA) is 59.2 Å². The second-order valence-corrected chi connectivity index (χ2v) is 3.52. The first-order valence-electron chi connectivity index (χ1n) is 3.79. The van der Waals surface area contributed by atoms with E-state index >= 15 is 0 Å². The summed E-state index contributed by atoms with van der Waals surface area (Å²) >= 11 is 1.55. The standard InChI is InChI=1S/C8H8N2O2S/c1-5-2-3-13-7(5)8-9-6(4-11)10-12-8/h2-3,11H,4H2,1H3. The zero-order valence-electron chi connectivity index (χ0n) is 7.02. The normalized spacial score (nSPS) is 10.6. The van der Waals surface area contributed by atoms with Crippen molar-refractivity contribution in [2.45, 2.75) is 13.5 Å². The number of aryl methyl sites for hydroxylation is 1. The van der Waals surface area contributed by atoms with E-state index < -0.39 is 0 Å². The third-order valence-corrected chi connectivity index (χ3v) is 2.67. The molecule has 0 aliphatic carbocycles. The summed E-state index contributed by atoms with van der Waals surface area (Å²) < 4.78 is 4.97. The van der Waals surface area contributed by atoms with Gasteiger partial charge in [0, 0.05) is 0 Å². The number of nitrogens with zero attached hydrogens (tertiary/aromatic N) is 2. The average molecular weight is 196 g/mol. The van der Waals surface area contributed by atoms with Crippen molar-refractivity contribution in [1.29, 1.82) is 0 Å². The van der Waals surface area contributed by atoms with Crippen LogP contribution in [0.1, 0.15) is 11.4 Å². The summed E-state index contributed by atoms with van der Waals surface area (Å²) in [5.41, 5.74) is 1.11. The van der Waals surface area contributed by atoms with E-state index in [0.29, 0.717) is 11.7 Å². The lowest BCUT2D eigenvalue weighted by atomic mass is 10.3. The van der Waals surface area contributed by atoms with Crippen LogP contribution in [0.15, 0.2) is 16.0 Å². The maximum atomic E-state index is 8.74. The minimum atomic E-state index is -0.187. The highest BCUT2D eigenvalue weighted by molar-refractivity contribution is 7.13. The molecule has 13 heavy (non-hydrogen) atoms. The summed E-state index contributed by atoms with van der Waals surface area (Å²) in [5, 5.41) is 14.3. The highest BCUT2D eigenvalue weighted by atomic mass is 32.1. The molecule has 0 unspecified atom stereocenters. The molecule has 2 rings (SSSR count). The Labute approximate surface area is 78.8 Å². The van der Waals surface area contributed by atoms with Crippen molar-refractivity contribution in [2.24, 2.45) is 0 Å². The second kappa shape index (κ2) is 3.27. The van der Waals surface area contributed by atoms with Gasteiger partial charge in [-0.15, -0.1) is 11.3 Å². The molecule has 5 heteroatoms. The minimum absolute atomic E-state index is 0.187. The molecule has 0 atom stereocenters. The van der Waals surface area contributed by atoms with E-state index in [4.69, 9.17) is 9.63 Å². The van der Waals surface area contributed by atoms with Gasteiger partial charge in [0.2, 0.25) is 0 Å². The quantitative estimate of drug-likeness (QED) is 0.792. The van der Waals surface area contributed by atoms with Crippen LogP contribution >= 0.6 is 11.3 Å². The van der Waals surface area contributed by atoms with E-state index in [2.05, 4.69) is 10.1 Å². The Morgan fingerprint density at radius 3 is 3.00 bits per heavy atom. The number of hydrogen-bond donors (Lipinski definition) is 1. The van der Waals surface area contributed by atoms with Crippen molar-refractivity contribution in [3.8, 4) is 10.8 Å². The molecule has 4 nitrogen and oxygen atoms in total. The first kappa shape index (κ1) is 8.40. The molecule has 0 radical (unpaired) electrons. The Bertz CT molecular complexity index is 408. The summed E-state index contributed by atoms with van der Waals surface area (Å²) in [4.78, 5) is 4.98. The molecule has 0 aliphatic rings. The maximum Gasteiger partial charge on any atom is 0.268 e. The number of thiophene rings is 1. The van der Waals surface area contributed by atoms with Crippen LogP contribution in [0.25, 0.3) is 10.8 Å². The van der Waals surface area contributed by atoms with Crippen LogP contribution in [-0.2, 0) is 6.61 Å². The van der Waals surface area contributed by atoms with Crippen LogP contribution in [0.2, 0.25) is 0 Å². The zero-order chi connectivity index (χ0) is 9.26. The zero-order valence-corrected chi connectivity index (χ0v) is 7.84. The minimum Gasteiger partial charge on any atom is -0.388 e. The van der Waals surface area contributed by atoms with Crippen molar-refractivity contribution in [3.05, 3.63) is 22.8 Å². The molecule has 0 aromatic carbocycles. The van der Waals surface area contributed by atoms with Crippen LogP contribution in [0.3, 0.4) is 0 Å². The first-order chi connectivity index (χ1) is 6.31. The first-order valence-corrected chi connectivity index (χ1v) is 4.67.